The summed E-state index contributed by atoms with van der Waals surface area (Å²) in [6.07, 6.45) is -4.49. The molecule has 1 aliphatic rings. The number of halogens is 3. The van der Waals surface area contributed by atoms with Crippen LogP contribution in [0.3, 0.4) is 0 Å². The minimum atomic E-state index is -4.65. The van der Waals surface area contributed by atoms with Crippen LogP contribution < -0.4 is 14.8 Å². The predicted molar refractivity (Wildman–Crippen MR) is 133 cm³/mol. The third kappa shape index (κ3) is 6.18. The van der Waals surface area contributed by atoms with Crippen LogP contribution in [0.25, 0.3) is 10.4 Å². The number of alkyl halides is 3. The second-order valence-electron chi connectivity index (χ2n) is 8.49. The number of anilines is 2. The summed E-state index contributed by atoms with van der Waals surface area (Å²) in [7, 11) is -2.23. The number of nitrogens with one attached hydrogen (secondary N) is 2. The Bertz CT molecular complexity index is 1370. The highest BCUT2D eigenvalue weighted by Crippen LogP contribution is 2.39. The molecule has 1 unspecified atom stereocenters. The van der Waals surface area contributed by atoms with Gasteiger partial charge in [-0.3, -0.25) is 9.52 Å². The summed E-state index contributed by atoms with van der Waals surface area (Å²) in [6, 6.07) is 13.0. The summed E-state index contributed by atoms with van der Waals surface area (Å²) in [5, 5.41) is 2.67. The Balaban J connectivity index is 1.57. The lowest BCUT2D eigenvalue weighted by molar-refractivity contribution is -0.139. The number of amides is 1. The van der Waals surface area contributed by atoms with Gasteiger partial charge in [0.2, 0.25) is 5.91 Å². The highest BCUT2D eigenvalue weighted by molar-refractivity contribution is 7.94. The van der Waals surface area contributed by atoms with Gasteiger partial charge in [-0.2, -0.15) is 13.2 Å². The average Bonchev–Trinajstić information content (AvgIpc) is 3.42. The number of ether oxygens (including phenoxy) is 1. The van der Waals surface area contributed by atoms with Gasteiger partial charge in [0.15, 0.2) is 0 Å². The van der Waals surface area contributed by atoms with Crippen molar-refractivity contribution in [1.29, 1.82) is 0 Å². The Labute approximate surface area is 210 Å². The molecule has 7 nitrogen and oxygen atoms in total. The molecular formula is C24H24F3N3O4S2. The second-order valence-corrected chi connectivity index (χ2v) is 11.5. The first-order valence-electron chi connectivity index (χ1n) is 11.0. The molecule has 2 aromatic carbocycles. The molecule has 1 fully saturated rings. The SMILES string of the molecule is CC(=O)Nc1cccc(-c2ccc(S(=O)(=O)Nc3ccc(C(F)(F)F)c(OC4CCN(C)C4)c3)s2)c1. The molecule has 3 aromatic rings. The molecule has 12 heteroatoms. The first-order chi connectivity index (χ1) is 16.9. The summed E-state index contributed by atoms with van der Waals surface area (Å²) < 4.78 is 74.6. The summed E-state index contributed by atoms with van der Waals surface area (Å²) in [5.74, 6) is -0.643. The predicted octanol–water partition coefficient (Wildman–Crippen LogP) is 5.28. The number of carbonyl (C=O) groups is 1. The lowest BCUT2D eigenvalue weighted by Crippen LogP contribution is -2.23. The Kier molecular flexibility index (Phi) is 7.30. The van der Waals surface area contributed by atoms with Crippen molar-refractivity contribution in [3.05, 3.63) is 60.2 Å². The van der Waals surface area contributed by atoms with Crippen molar-refractivity contribution in [1.82, 2.24) is 4.90 Å². The number of likely N-dealkylation sites (tertiary alicyclic amines) is 1. The molecule has 4 rings (SSSR count). The van der Waals surface area contributed by atoms with Gasteiger partial charge >= 0.3 is 6.18 Å². The molecule has 1 saturated heterocycles. The van der Waals surface area contributed by atoms with Crippen molar-refractivity contribution in [2.75, 3.05) is 30.2 Å². The summed E-state index contributed by atoms with van der Waals surface area (Å²) in [4.78, 5) is 13.9. The maximum absolute atomic E-state index is 13.5. The minimum Gasteiger partial charge on any atom is -0.488 e. The van der Waals surface area contributed by atoms with Crippen molar-refractivity contribution >= 4 is 38.6 Å². The number of sulfonamides is 1. The molecule has 1 atom stereocenters. The molecule has 0 aliphatic carbocycles. The number of likely N-dealkylation sites (N-methyl/N-ethyl adjacent to an activating group) is 1. The van der Waals surface area contributed by atoms with Gasteiger partial charge in [-0.15, -0.1) is 11.3 Å². The van der Waals surface area contributed by atoms with Crippen LogP contribution in [-0.2, 0) is 21.0 Å². The van der Waals surface area contributed by atoms with Crippen LogP contribution in [-0.4, -0.2) is 45.5 Å². The van der Waals surface area contributed by atoms with Crippen molar-refractivity contribution < 1.29 is 31.1 Å². The topological polar surface area (TPSA) is 87.7 Å². The van der Waals surface area contributed by atoms with E-state index in [1.807, 2.05) is 11.9 Å². The Morgan fingerprint density at radius 3 is 2.56 bits per heavy atom. The normalized spacial score (nSPS) is 16.6. The molecule has 1 aromatic heterocycles. The molecule has 2 N–H and O–H groups in total. The molecule has 1 amide bonds. The number of nitrogens with zero attached hydrogens (tertiary/aromatic N) is 1. The zero-order valence-corrected chi connectivity index (χ0v) is 21.1. The summed E-state index contributed by atoms with van der Waals surface area (Å²) in [6.45, 7) is 2.57. The average molecular weight is 540 g/mol. The van der Waals surface area contributed by atoms with Crippen molar-refractivity contribution in [3.63, 3.8) is 0 Å². The van der Waals surface area contributed by atoms with Crippen LogP contribution in [0, 0.1) is 0 Å². The summed E-state index contributed by atoms with van der Waals surface area (Å²) in [5.41, 5.74) is 0.283. The zero-order chi connectivity index (χ0) is 26.1. The molecule has 36 heavy (non-hydrogen) atoms. The van der Waals surface area contributed by atoms with Gasteiger partial charge in [0.25, 0.3) is 10.0 Å². The monoisotopic (exact) mass is 539 g/mol. The van der Waals surface area contributed by atoms with Crippen LogP contribution in [0.15, 0.2) is 58.8 Å². The lowest BCUT2D eigenvalue weighted by atomic mass is 10.1. The van der Waals surface area contributed by atoms with Crippen LogP contribution in [0.2, 0.25) is 0 Å². The quantitative estimate of drug-likeness (QED) is 0.427. The maximum Gasteiger partial charge on any atom is 0.419 e. The van der Waals surface area contributed by atoms with Crippen molar-refractivity contribution in [2.45, 2.75) is 29.8 Å². The number of hydrogen-bond donors (Lipinski definition) is 2. The Morgan fingerprint density at radius 1 is 1.11 bits per heavy atom. The van der Waals surface area contributed by atoms with Gasteiger partial charge in [-0.05, 0) is 55.4 Å². The maximum atomic E-state index is 13.5. The third-order valence-electron chi connectivity index (χ3n) is 5.49. The lowest BCUT2D eigenvalue weighted by Gasteiger charge is -2.19. The molecule has 0 spiro atoms. The minimum absolute atomic E-state index is 0.0118. The van der Waals surface area contributed by atoms with E-state index in [9.17, 15) is 26.4 Å². The van der Waals surface area contributed by atoms with E-state index in [0.717, 1.165) is 29.5 Å². The van der Waals surface area contributed by atoms with E-state index >= 15 is 0 Å². The molecule has 0 radical (unpaired) electrons. The van der Waals surface area contributed by atoms with Gasteiger partial charge in [0.05, 0.1) is 11.3 Å². The largest absolute Gasteiger partial charge is 0.488 e. The molecule has 192 valence electrons. The van der Waals surface area contributed by atoms with E-state index in [-0.39, 0.29) is 15.8 Å². The Morgan fingerprint density at radius 2 is 1.89 bits per heavy atom. The van der Waals surface area contributed by atoms with E-state index in [1.54, 1.807) is 30.3 Å². The fourth-order valence-electron chi connectivity index (χ4n) is 3.87. The van der Waals surface area contributed by atoms with Crippen molar-refractivity contribution in [2.24, 2.45) is 0 Å². The van der Waals surface area contributed by atoms with Gasteiger partial charge in [0.1, 0.15) is 16.1 Å². The van der Waals surface area contributed by atoms with Gasteiger partial charge in [-0.1, -0.05) is 12.1 Å². The van der Waals surface area contributed by atoms with E-state index in [0.29, 0.717) is 35.6 Å². The molecule has 0 bridgehead atoms. The van der Waals surface area contributed by atoms with Crippen molar-refractivity contribution in [3.8, 4) is 16.2 Å². The number of rotatable bonds is 7. The fourth-order valence-corrected chi connectivity index (χ4v) is 6.22. The number of hydrogen-bond acceptors (Lipinski definition) is 6. The van der Waals surface area contributed by atoms with Gasteiger partial charge in [0, 0.05) is 36.6 Å². The highest BCUT2D eigenvalue weighted by atomic mass is 32.2. The number of carbonyl (C=O) groups excluding carboxylic acids is 1. The first-order valence-corrected chi connectivity index (χ1v) is 13.3. The van der Waals surface area contributed by atoms with E-state index in [4.69, 9.17) is 4.74 Å². The second kappa shape index (κ2) is 10.1. The van der Waals surface area contributed by atoms with E-state index < -0.39 is 33.6 Å². The van der Waals surface area contributed by atoms with Crippen LogP contribution >= 0.6 is 11.3 Å². The van der Waals surface area contributed by atoms with E-state index in [2.05, 4.69) is 10.0 Å². The standard InChI is InChI=1S/C24H24F3N3O4S2/c1-15(31)28-17-5-3-4-16(12-17)22-8-9-23(35-22)36(32,33)29-18-6-7-20(24(25,26)27)21(13-18)34-19-10-11-30(2)14-19/h3-9,12-13,19,29H,10-11,14H2,1-2H3,(H,28,31). The highest BCUT2D eigenvalue weighted by Gasteiger charge is 2.36. The first kappa shape index (κ1) is 26.0. The smallest absolute Gasteiger partial charge is 0.419 e. The van der Waals surface area contributed by atoms with E-state index in [1.165, 1.54) is 13.0 Å². The van der Waals surface area contributed by atoms with Crippen LogP contribution in [0.4, 0.5) is 24.5 Å². The number of benzene rings is 2. The fraction of sp³-hybridized carbons (Fsp3) is 0.292. The Hall–Kier alpha value is -3.09. The molecule has 2 heterocycles. The number of thiophene rings is 1. The van der Waals surface area contributed by atoms with Gasteiger partial charge in [-0.25, -0.2) is 8.42 Å². The van der Waals surface area contributed by atoms with Crippen LogP contribution in [0.1, 0.15) is 18.9 Å². The van der Waals surface area contributed by atoms with Gasteiger partial charge < -0.3 is 15.0 Å². The molecular weight excluding hydrogens is 515 g/mol. The third-order valence-corrected chi connectivity index (χ3v) is 8.50. The molecule has 1 aliphatic heterocycles. The summed E-state index contributed by atoms with van der Waals surface area (Å²) >= 11 is 0.998. The zero-order valence-electron chi connectivity index (χ0n) is 19.4. The van der Waals surface area contributed by atoms with Crippen LogP contribution in [0.5, 0.6) is 5.75 Å². The molecule has 0 saturated carbocycles.